The van der Waals surface area contributed by atoms with Crippen molar-refractivity contribution in [2.24, 2.45) is 0 Å². The van der Waals surface area contributed by atoms with Crippen LogP contribution in [0.3, 0.4) is 0 Å². The van der Waals surface area contributed by atoms with Gasteiger partial charge in [0.25, 0.3) is 11.5 Å². The molecule has 0 radical (unpaired) electrons. The SMILES string of the molecule is O=[N+]([O-])c1cc(O)cc(-c2cncn2-c2ccc(C(F)(F)F)c[n+]2[O-])c1. The summed E-state index contributed by atoms with van der Waals surface area (Å²) < 4.78 is 39.2. The van der Waals surface area contributed by atoms with E-state index in [4.69, 9.17) is 0 Å². The lowest BCUT2D eigenvalue weighted by Crippen LogP contribution is -2.33. The van der Waals surface area contributed by atoms with E-state index in [-0.39, 0.29) is 27.6 Å². The number of phenols is 1. The summed E-state index contributed by atoms with van der Waals surface area (Å²) in [6, 6.07) is 4.99. The number of pyridine rings is 1. The molecule has 0 unspecified atom stereocenters. The Morgan fingerprint density at radius 2 is 1.96 bits per heavy atom. The molecule has 2 heterocycles. The number of benzene rings is 1. The van der Waals surface area contributed by atoms with Crippen LogP contribution in [0, 0.1) is 15.3 Å². The molecular weight excluding hydrogens is 357 g/mol. The Bertz CT molecular complexity index is 1000. The fourth-order valence-electron chi connectivity index (χ4n) is 2.37. The standard InChI is InChI=1S/C15H9F3N4O4/c16-15(17,18)10-1-2-14(21(24)7-10)20-8-19-6-13(20)9-3-11(22(25)26)5-12(23)4-9/h1-8,23H. The number of halogens is 3. The van der Waals surface area contributed by atoms with E-state index in [1.54, 1.807) is 0 Å². The van der Waals surface area contributed by atoms with Crippen LogP contribution in [0.1, 0.15) is 5.56 Å². The first kappa shape index (κ1) is 17.2. The number of rotatable bonds is 3. The van der Waals surface area contributed by atoms with Crippen LogP contribution in [0.4, 0.5) is 18.9 Å². The van der Waals surface area contributed by atoms with E-state index in [0.717, 1.165) is 28.8 Å². The van der Waals surface area contributed by atoms with E-state index in [1.165, 1.54) is 18.6 Å². The largest absolute Gasteiger partial charge is 0.711 e. The van der Waals surface area contributed by atoms with Crippen LogP contribution in [0.5, 0.6) is 5.75 Å². The summed E-state index contributed by atoms with van der Waals surface area (Å²) in [5.74, 6) is -0.583. The van der Waals surface area contributed by atoms with Gasteiger partial charge in [0.05, 0.1) is 22.7 Å². The van der Waals surface area contributed by atoms with Gasteiger partial charge in [-0.15, -0.1) is 0 Å². The zero-order valence-electron chi connectivity index (χ0n) is 12.7. The highest BCUT2D eigenvalue weighted by Gasteiger charge is 2.32. The van der Waals surface area contributed by atoms with Crippen LogP contribution in [0.25, 0.3) is 17.1 Å². The molecular formula is C15H9F3N4O4. The van der Waals surface area contributed by atoms with Crippen molar-refractivity contribution >= 4 is 5.69 Å². The Hall–Kier alpha value is -3.63. The minimum atomic E-state index is -4.67. The second-order valence-corrected chi connectivity index (χ2v) is 5.24. The highest BCUT2D eigenvalue weighted by atomic mass is 19.4. The Labute approximate surface area is 143 Å². The molecule has 0 aliphatic rings. The summed E-state index contributed by atoms with van der Waals surface area (Å²) in [5, 5.41) is 32.6. The van der Waals surface area contributed by atoms with Gasteiger partial charge < -0.3 is 10.3 Å². The quantitative estimate of drug-likeness (QED) is 0.332. The first-order valence-corrected chi connectivity index (χ1v) is 6.99. The number of nitro groups is 1. The lowest BCUT2D eigenvalue weighted by Gasteiger charge is -2.12. The third-order valence-corrected chi connectivity index (χ3v) is 3.52. The number of non-ortho nitro benzene ring substituents is 1. The second kappa shape index (κ2) is 6.02. The fourth-order valence-corrected chi connectivity index (χ4v) is 2.37. The van der Waals surface area contributed by atoms with Gasteiger partial charge in [-0.1, -0.05) is 0 Å². The van der Waals surface area contributed by atoms with E-state index in [1.807, 2.05) is 0 Å². The lowest BCUT2D eigenvalue weighted by atomic mass is 10.1. The van der Waals surface area contributed by atoms with Gasteiger partial charge in [0.15, 0.2) is 12.0 Å². The van der Waals surface area contributed by atoms with Gasteiger partial charge in [0.1, 0.15) is 11.9 Å². The predicted octanol–water partition coefficient (Wildman–Crippen LogP) is 2.81. The van der Waals surface area contributed by atoms with Gasteiger partial charge >= 0.3 is 6.18 Å². The summed E-state index contributed by atoms with van der Waals surface area (Å²) in [7, 11) is 0. The van der Waals surface area contributed by atoms with Gasteiger partial charge in [-0.25, -0.2) is 9.71 Å². The molecule has 26 heavy (non-hydrogen) atoms. The average molecular weight is 366 g/mol. The third kappa shape index (κ3) is 3.14. The Morgan fingerprint density at radius 1 is 1.23 bits per heavy atom. The summed E-state index contributed by atoms with van der Waals surface area (Å²) in [5.41, 5.74) is -1.18. The topological polar surface area (TPSA) is 108 Å². The highest BCUT2D eigenvalue weighted by molar-refractivity contribution is 5.66. The maximum Gasteiger partial charge on any atom is 0.419 e. The van der Waals surface area contributed by atoms with Crippen molar-refractivity contribution in [1.29, 1.82) is 0 Å². The summed E-state index contributed by atoms with van der Waals surface area (Å²) in [4.78, 5) is 14.0. The van der Waals surface area contributed by atoms with Crippen molar-refractivity contribution in [3.63, 3.8) is 0 Å². The van der Waals surface area contributed by atoms with Crippen molar-refractivity contribution in [3.8, 4) is 22.8 Å². The molecule has 0 spiro atoms. The molecule has 0 saturated carbocycles. The number of nitrogens with zero attached hydrogens (tertiary/aromatic N) is 4. The molecule has 0 fully saturated rings. The molecule has 0 amide bonds. The number of hydrogen-bond donors (Lipinski definition) is 1. The Balaban J connectivity index is 2.12. The normalized spacial score (nSPS) is 11.5. The summed E-state index contributed by atoms with van der Waals surface area (Å²) in [6.45, 7) is 0. The molecule has 0 aliphatic heterocycles. The Kier molecular flexibility index (Phi) is 3.98. The number of imidazole rings is 1. The molecule has 0 bridgehead atoms. The molecule has 3 aromatic rings. The third-order valence-electron chi connectivity index (χ3n) is 3.52. The van der Waals surface area contributed by atoms with Crippen LogP contribution in [-0.2, 0) is 6.18 Å². The van der Waals surface area contributed by atoms with E-state index in [9.17, 15) is 33.6 Å². The maximum absolute atomic E-state index is 12.7. The van der Waals surface area contributed by atoms with Crippen molar-refractivity contribution in [2.45, 2.75) is 6.18 Å². The fraction of sp³-hybridized carbons (Fsp3) is 0.0667. The van der Waals surface area contributed by atoms with Crippen molar-refractivity contribution in [3.05, 3.63) is 69.9 Å². The molecule has 1 aromatic carbocycles. The second-order valence-electron chi connectivity index (χ2n) is 5.24. The number of nitro benzene ring substituents is 1. The molecule has 2 aromatic heterocycles. The lowest BCUT2D eigenvalue weighted by molar-refractivity contribution is -0.600. The van der Waals surface area contributed by atoms with Gasteiger partial charge in [-0.3, -0.25) is 10.1 Å². The van der Waals surface area contributed by atoms with E-state index in [2.05, 4.69) is 4.98 Å². The number of alkyl halides is 3. The van der Waals surface area contributed by atoms with E-state index < -0.39 is 22.4 Å². The zero-order chi connectivity index (χ0) is 19.1. The summed E-state index contributed by atoms with van der Waals surface area (Å²) >= 11 is 0. The van der Waals surface area contributed by atoms with E-state index >= 15 is 0 Å². The minimum absolute atomic E-state index is 0.0191. The summed E-state index contributed by atoms with van der Waals surface area (Å²) in [6.07, 6.45) is -1.86. The molecule has 11 heteroatoms. The first-order valence-electron chi connectivity index (χ1n) is 6.99. The molecule has 0 atom stereocenters. The monoisotopic (exact) mass is 366 g/mol. The molecule has 8 nitrogen and oxygen atoms in total. The van der Waals surface area contributed by atoms with Gasteiger partial charge in [0, 0.05) is 17.7 Å². The van der Waals surface area contributed by atoms with Crippen molar-refractivity contribution in [1.82, 2.24) is 9.55 Å². The number of hydrogen-bond acceptors (Lipinski definition) is 5. The van der Waals surface area contributed by atoms with Crippen molar-refractivity contribution < 1.29 is 27.9 Å². The Morgan fingerprint density at radius 3 is 2.58 bits per heavy atom. The molecule has 0 saturated heterocycles. The minimum Gasteiger partial charge on any atom is -0.711 e. The van der Waals surface area contributed by atoms with Crippen LogP contribution in [-0.4, -0.2) is 19.6 Å². The first-order chi connectivity index (χ1) is 12.2. The molecule has 134 valence electrons. The maximum atomic E-state index is 12.7. The highest BCUT2D eigenvalue weighted by Crippen LogP contribution is 2.31. The molecule has 0 aliphatic carbocycles. The molecule has 1 N–H and O–H groups in total. The number of aromatic nitrogens is 3. The van der Waals surface area contributed by atoms with Crippen molar-refractivity contribution in [2.75, 3.05) is 0 Å². The van der Waals surface area contributed by atoms with Gasteiger partial charge in [-0.2, -0.15) is 17.7 Å². The molecule has 3 rings (SSSR count). The van der Waals surface area contributed by atoms with Crippen LogP contribution in [0.15, 0.2) is 49.1 Å². The smallest absolute Gasteiger partial charge is 0.419 e. The number of aromatic hydroxyl groups is 1. The average Bonchev–Trinajstić information content (AvgIpc) is 3.02. The van der Waals surface area contributed by atoms with Crippen LogP contribution < -0.4 is 4.73 Å². The van der Waals surface area contributed by atoms with E-state index in [0.29, 0.717) is 6.20 Å². The van der Waals surface area contributed by atoms with Gasteiger partial charge in [-0.05, 0) is 12.1 Å². The zero-order valence-corrected chi connectivity index (χ0v) is 12.7. The van der Waals surface area contributed by atoms with Crippen LogP contribution in [0.2, 0.25) is 0 Å². The van der Waals surface area contributed by atoms with Crippen LogP contribution >= 0.6 is 0 Å². The van der Waals surface area contributed by atoms with Gasteiger partial charge in [0.2, 0.25) is 0 Å². The number of phenolic OH excluding ortho intramolecular Hbond substituents is 1. The predicted molar refractivity (Wildman–Crippen MR) is 81.3 cm³/mol.